The van der Waals surface area contributed by atoms with Crippen LogP contribution in [-0.4, -0.2) is 35.1 Å². The van der Waals surface area contributed by atoms with Gasteiger partial charge in [0, 0.05) is 22.9 Å². The Bertz CT molecular complexity index is 692. The third-order valence-corrected chi connectivity index (χ3v) is 5.43. The highest BCUT2D eigenvalue weighted by molar-refractivity contribution is 8.03. The Morgan fingerprint density at radius 3 is 1.50 bits per heavy atom. The predicted molar refractivity (Wildman–Crippen MR) is 112 cm³/mol. The molecule has 0 aliphatic rings. The molecular weight excluding hydrogens is 368 g/mol. The lowest BCUT2D eigenvalue weighted by atomic mass is 10.2. The largest absolute Gasteiger partial charge is 0.375 e. The molecule has 2 aromatic carbocycles. The van der Waals surface area contributed by atoms with E-state index in [1.165, 1.54) is 0 Å². The highest BCUT2D eigenvalue weighted by Gasteiger charge is 2.07. The molecule has 0 atom stereocenters. The maximum atomic E-state index is 11.3. The van der Waals surface area contributed by atoms with Gasteiger partial charge in [-0.15, -0.1) is 23.5 Å². The van der Waals surface area contributed by atoms with Gasteiger partial charge in [-0.3, -0.25) is 9.59 Å². The molecule has 26 heavy (non-hydrogen) atoms. The molecule has 0 saturated heterocycles. The second-order valence-corrected chi connectivity index (χ2v) is 7.49. The van der Waals surface area contributed by atoms with Crippen LogP contribution >= 0.6 is 23.5 Å². The number of thioether (sulfide) groups is 2. The summed E-state index contributed by atoms with van der Waals surface area (Å²) in [5.74, 6) is 2.43. The number of hydrogen-bond acceptors (Lipinski definition) is 6. The standard InChI is InChI=1S/C18H22N4O2S2/c19-17(23)13-5-1-3-7-15(13)21-11-25-9-10-26-12-22-16-8-4-2-6-14(16)18(20)24/h1-8,21-22H,9-12H2,(H2,19,23)(H2,20,24). The summed E-state index contributed by atoms with van der Waals surface area (Å²) in [5.41, 5.74) is 13.2. The zero-order valence-corrected chi connectivity index (χ0v) is 15.9. The van der Waals surface area contributed by atoms with E-state index in [9.17, 15) is 9.59 Å². The number of carbonyl (C=O) groups is 2. The average molecular weight is 391 g/mol. The van der Waals surface area contributed by atoms with Crippen LogP contribution in [0.1, 0.15) is 20.7 Å². The van der Waals surface area contributed by atoms with E-state index in [-0.39, 0.29) is 0 Å². The van der Waals surface area contributed by atoms with Gasteiger partial charge in [-0.1, -0.05) is 24.3 Å². The summed E-state index contributed by atoms with van der Waals surface area (Å²) in [6.07, 6.45) is 0. The van der Waals surface area contributed by atoms with Gasteiger partial charge in [0.2, 0.25) is 0 Å². The Morgan fingerprint density at radius 1 is 0.731 bits per heavy atom. The van der Waals surface area contributed by atoms with E-state index in [0.717, 1.165) is 22.9 Å². The molecule has 0 bridgehead atoms. The predicted octanol–water partition coefficient (Wildman–Crippen LogP) is 2.79. The first kappa shape index (κ1) is 20.0. The first-order chi connectivity index (χ1) is 12.6. The number of carbonyl (C=O) groups excluding carboxylic acids is 2. The van der Waals surface area contributed by atoms with Crippen molar-refractivity contribution in [3.8, 4) is 0 Å². The van der Waals surface area contributed by atoms with E-state index < -0.39 is 11.8 Å². The second-order valence-electron chi connectivity index (χ2n) is 5.28. The van der Waals surface area contributed by atoms with Crippen LogP contribution in [0.3, 0.4) is 0 Å². The Morgan fingerprint density at radius 2 is 1.12 bits per heavy atom. The summed E-state index contributed by atoms with van der Waals surface area (Å²) in [6.45, 7) is 0. The zero-order valence-electron chi connectivity index (χ0n) is 14.2. The van der Waals surface area contributed by atoms with E-state index in [1.807, 2.05) is 24.3 Å². The van der Waals surface area contributed by atoms with Gasteiger partial charge in [0.1, 0.15) is 0 Å². The minimum absolute atomic E-state index is 0.434. The van der Waals surface area contributed by atoms with Crippen LogP contribution in [0.25, 0.3) is 0 Å². The van der Waals surface area contributed by atoms with Crippen LogP contribution in [0, 0.1) is 0 Å². The summed E-state index contributed by atoms with van der Waals surface area (Å²) in [7, 11) is 0. The summed E-state index contributed by atoms with van der Waals surface area (Å²) >= 11 is 3.47. The second kappa shape index (κ2) is 10.6. The van der Waals surface area contributed by atoms with Crippen molar-refractivity contribution in [2.45, 2.75) is 0 Å². The fraction of sp³-hybridized carbons (Fsp3) is 0.222. The van der Waals surface area contributed by atoms with Crippen LogP contribution in [0.4, 0.5) is 11.4 Å². The van der Waals surface area contributed by atoms with E-state index in [4.69, 9.17) is 11.5 Å². The molecule has 0 aliphatic heterocycles. The van der Waals surface area contributed by atoms with Crippen molar-refractivity contribution in [1.29, 1.82) is 0 Å². The average Bonchev–Trinajstić information content (AvgIpc) is 2.64. The van der Waals surface area contributed by atoms with Crippen LogP contribution in [-0.2, 0) is 0 Å². The smallest absolute Gasteiger partial charge is 0.250 e. The Balaban J connectivity index is 1.62. The molecule has 0 aromatic heterocycles. The number of amides is 2. The van der Waals surface area contributed by atoms with E-state index in [2.05, 4.69) is 10.6 Å². The van der Waals surface area contributed by atoms with E-state index in [1.54, 1.807) is 47.8 Å². The van der Waals surface area contributed by atoms with Gasteiger partial charge in [0.25, 0.3) is 11.8 Å². The van der Waals surface area contributed by atoms with Crippen molar-refractivity contribution in [3.05, 3.63) is 59.7 Å². The topological polar surface area (TPSA) is 110 Å². The van der Waals surface area contributed by atoms with Gasteiger partial charge < -0.3 is 22.1 Å². The summed E-state index contributed by atoms with van der Waals surface area (Å²) < 4.78 is 0. The molecule has 0 saturated carbocycles. The Kier molecular flexibility index (Phi) is 8.17. The van der Waals surface area contributed by atoms with Crippen molar-refractivity contribution in [1.82, 2.24) is 0 Å². The number of anilines is 2. The van der Waals surface area contributed by atoms with Gasteiger partial charge in [-0.25, -0.2) is 0 Å². The minimum Gasteiger partial charge on any atom is -0.375 e. The molecule has 8 heteroatoms. The lowest BCUT2D eigenvalue weighted by Gasteiger charge is -2.10. The van der Waals surface area contributed by atoms with Crippen molar-refractivity contribution >= 4 is 46.7 Å². The van der Waals surface area contributed by atoms with Gasteiger partial charge >= 0.3 is 0 Å². The summed E-state index contributed by atoms with van der Waals surface area (Å²) in [4.78, 5) is 22.7. The van der Waals surface area contributed by atoms with Crippen LogP contribution < -0.4 is 22.1 Å². The maximum Gasteiger partial charge on any atom is 0.250 e. The molecule has 138 valence electrons. The number of hydrogen-bond donors (Lipinski definition) is 4. The van der Waals surface area contributed by atoms with Crippen molar-refractivity contribution in [2.24, 2.45) is 11.5 Å². The number of benzene rings is 2. The van der Waals surface area contributed by atoms with Crippen LogP contribution in [0.5, 0.6) is 0 Å². The van der Waals surface area contributed by atoms with E-state index in [0.29, 0.717) is 22.9 Å². The maximum absolute atomic E-state index is 11.3. The van der Waals surface area contributed by atoms with Crippen LogP contribution in [0.2, 0.25) is 0 Å². The third-order valence-electron chi connectivity index (χ3n) is 3.49. The van der Waals surface area contributed by atoms with Gasteiger partial charge in [-0.2, -0.15) is 0 Å². The third kappa shape index (κ3) is 6.20. The molecule has 0 fully saturated rings. The zero-order chi connectivity index (χ0) is 18.8. The van der Waals surface area contributed by atoms with E-state index >= 15 is 0 Å². The fourth-order valence-corrected chi connectivity index (χ4v) is 3.97. The number of nitrogens with two attached hydrogens (primary N) is 2. The Labute approximate surface area is 161 Å². The molecule has 2 amide bonds. The molecule has 0 heterocycles. The SMILES string of the molecule is NC(=O)c1ccccc1NCSCCSCNc1ccccc1C(N)=O. The van der Waals surface area contributed by atoms with Gasteiger partial charge in [0.05, 0.1) is 22.9 Å². The van der Waals surface area contributed by atoms with Gasteiger partial charge in [-0.05, 0) is 24.3 Å². The highest BCUT2D eigenvalue weighted by Crippen LogP contribution is 2.17. The first-order valence-electron chi connectivity index (χ1n) is 8.00. The number of primary amides is 2. The molecule has 0 unspecified atom stereocenters. The number of para-hydroxylation sites is 2. The van der Waals surface area contributed by atoms with Gasteiger partial charge in [0.15, 0.2) is 0 Å². The molecular formula is C18H22N4O2S2. The lowest BCUT2D eigenvalue weighted by molar-refractivity contribution is 0.0992. The minimum atomic E-state index is -0.434. The fourth-order valence-electron chi connectivity index (χ4n) is 2.22. The molecule has 6 nitrogen and oxygen atoms in total. The molecule has 6 N–H and O–H groups in total. The molecule has 0 radical (unpaired) electrons. The van der Waals surface area contributed by atoms with Crippen molar-refractivity contribution in [2.75, 3.05) is 33.9 Å². The number of nitrogens with one attached hydrogen (secondary N) is 2. The lowest BCUT2D eigenvalue weighted by Crippen LogP contribution is -2.14. The highest BCUT2D eigenvalue weighted by atomic mass is 32.2. The molecule has 2 aromatic rings. The summed E-state index contributed by atoms with van der Waals surface area (Å²) in [5, 5.41) is 6.43. The first-order valence-corrected chi connectivity index (χ1v) is 10.3. The normalized spacial score (nSPS) is 10.3. The molecule has 0 spiro atoms. The monoisotopic (exact) mass is 390 g/mol. The molecule has 2 rings (SSSR count). The number of rotatable bonds is 11. The molecule has 0 aliphatic carbocycles. The van der Waals surface area contributed by atoms with Crippen molar-refractivity contribution < 1.29 is 9.59 Å². The summed E-state index contributed by atoms with van der Waals surface area (Å²) in [6, 6.07) is 14.4. The van der Waals surface area contributed by atoms with Crippen molar-refractivity contribution in [3.63, 3.8) is 0 Å². The van der Waals surface area contributed by atoms with Crippen LogP contribution in [0.15, 0.2) is 48.5 Å². The quantitative estimate of drug-likeness (QED) is 0.347. The Hall–Kier alpha value is -2.32.